The van der Waals surface area contributed by atoms with Crippen molar-refractivity contribution in [1.29, 1.82) is 0 Å². The van der Waals surface area contributed by atoms with Crippen molar-refractivity contribution in [3.8, 4) is 0 Å². The zero-order valence-electron chi connectivity index (χ0n) is 10.1. The number of ether oxygens (including phenoxy) is 4. The molecule has 2 atom stereocenters. The lowest BCUT2D eigenvalue weighted by Crippen LogP contribution is -2.35. The molecule has 0 aromatic rings. The van der Waals surface area contributed by atoms with Crippen molar-refractivity contribution in [1.82, 2.24) is 0 Å². The minimum Gasteiger partial charge on any atom is -0.382 e. The summed E-state index contributed by atoms with van der Waals surface area (Å²) in [4.78, 5) is 0. The molecule has 0 bridgehead atoms. The Hall–Kier alpha value is -0.160. The Kier molecular flexibility index (Phi) is 4.99. The minimum atomic E-state index is -0.553. The first-order valence-electron chi connectivity index (χ1n) is 5.41. The molecule has 0 saturated carbocycles. The van der Waals surface area contributed by atoms with Crippen LogP contribution in [0.5, 0.6) is 0 Å². The smallest absolute Gasteiger partial charge is 0.163 e. The van der Waals surface area contributed by atoms with Gasteiger partial charge in [-0.1, -0.05) is 0 Å². The van der Waals surface area contributed by atoms with Gasteiger partial charge in [-0.05, 0) is 26.7 Å². The number of hydrogen-bond acceptors (Lipinski definition) is 4. The summed E-state index contributed by atoms with van der Waals surface area (Å²) in [7, 11) is 3.38. The first-order chi connectivity index (χ1) is 7.07. The van der Waals surface area contributed by atoms with Crippen molar-refractivity contribution in [2.45, 2.75) is 44.7 Å². The van der Waals surface area contributed by atoms with Crippen LogP contribution < -0.4 is 0 Å². The monoisotopic (exact) mass is 218 g/mol. The van der Waals surface area contributed by atoms with Crippen LogP contribution in [-0.2, 0) is 18.9 Å². The molecule has 0 N–H and O–H groups in total. The topological polar surface area (TPSA) is 36.9 Å². The predicted molar refractivity (Wildman–Crippen MR) is 56.8 cm³/mol. The Morgan fingerprint density at radius 2 is 1.40 bits per heavy atom. The molecule has 4 heteroatoms. The van der Waals surface area contributed by atoms with Crippen molar-refractivity contribution in [3.05, 3.63) is 0 Å². The standard InChI is InChI=1S/C11H22O4/c1-11(2)14-9(7-12-3)5-6-10(15-11)8-13-4/h9-10H,5-8H2,1-4H3/t9-,10-/m0/s1. The molecule has 0 spiro atoms. The Morgan fingerprint density at radius 3 is 1.73 bits per heavy atom. The van der Waals surface area contributed by atoms with E-state index in [-0.39, 0.29) is 12.2 Å². The lowest BCUT2D eigenvalue weighted by atomic mass is 10.1. The van der Waals surface area contributed by atoms with Gasteiger partial charge in [-0.25, -0.2) is 0 Å². The van der Waals surface area contributed by atoms with Gasteiger partial charge in [0.25, 0.3) is 0 Å². The van der Waals surface area contributed by atoms with Gasteiger partial charge in [0.15, 0.2) is 5.79 Å². The van der Waals surface area contributed by atoms with Gasteiger partial charge in [0.05, 0.1) is 25.4 Å². The zero-order valence-corrected chi connectivity index (χ0v) is 10.1. The van der Waals surface area contributed by atoms with Gasteiger partial charge >= 0.3 is 0 Å². The average Bonchev–Trinajstić information content (AvgIpc) is 2.26. The number of rotatable bonds is 4. The summed E-state index contributed by atoms with van der Waals surface area (Å²) in [5, 5.41) is 0. The number of methoxy groups -OCH3 is 2. The van der Waals surface area contributed by atoms with Gasteiger partial charge in [0.1, 0.15) is 0 Å². The molecule has 0 amide bonds. The summed E-state index contributed by atoms with van der Waals surface area (Å²) in [6.45, 7) is 5.10. The second-order valence-corrected chi connectivity index (χ2v) is 4.37. The van der Waals surface area contributed by atoms with Gasteiger partial charge in [-0.15, -0.1) is 0 Å². The van der Waals surface area contributed by atoms with E-state index in [9.17, 15) is 0 Å². The van der Waals surface area contributed by atoms with Crippen LogP contribution >= 0.6 is 0 Å². The molecule has 90 valence electrons. The molecule has 1 heterocycles. The third-order valence-electron chi connectivity index (χ3n) is 2.42. The van der Waals surface area contributed by atoms with Crippen LogP contribution in [0.2, 0.25) is 0 Å². The fourth-order valence-electron chi connectivity index (χ4n) is 1.93. The third-order valence-corrected chi connectivity index (χ3v) is 2.42. The minimum absolute atomic E-state index is 0.117. The maximum atomic E-state index is 5.81. The fraction of sp³-hybridized carbons (Fsp3) is 1.00. The van der Waals surface area contributed by atoms with E-state index < -0.39 is 5.79 Å². The zero-order chi connectivity index (χ0) is 11.3. The van der Waals surface area contributed by atoms with E-state index in [1.54, 1.807) is 14.2 Å². The van der Waals surface area contributed by atoms with E-state index in [4.69, 9.17) is 18.9 Å². The van der Waals surface area contributed by atoms with E-state index in [2.05, 4.69) is 0 Å². The summed E-state index contributed by atoms with van der Waals surface area (Å²) >= 11 is 0. The Labute approximate surface area is 91.8 Å². The fourth-order valence-corrected chi connectivity index (χ4v) is 1.93. The average molecular weight is 218 g/mol. The van der Waals surface area contributed by atoms with E-state index in [0.717, 1.165) is 12.8 Å². The van der Waals surface area contributed by atoms with Crippen LogP contribution in [0.25, 0.3) is 0 Å². The Balaban J connectivity index is 2.52. The van der Waals surface area contributed by atoms with E-state index in [0.29, 0.717) is 13.2 Å². The van der Waals surface area contributed by atoms with Crippen molar-refractivity contribution in [3.63, 3.8) is 0 Å². The van der Waals surface area contributed by atoms with Crippen LogP contribution in [0, 0.1) is 0 Å². The van der Waals surface area contributed by atoms with E-state index in [1.807, 2.05) is 13.8 Å². The molecule has 1 aliphatic rings. The molecule has 1 aliphatic heterocycles. The molecule has 0 radical (unpaired) electrons. The van der Waals surface area contributed by atoms with E-state index in [1.165, 1.54) is 0 Å². The highest BCUT2D eigenvalue weighted by molar-refractivity contribution is 4.73. The summed E-state index contributed by atoms with van der Waals surface area (Å²) in [5.41, 5.74) is 0. The predicted octanol–water partition coefficient (Wildman–Crippen LogP) is 1.58. The first-order valence-corrected chi connectivity index (χ1v) is 5.41. The maximum absolute atomic E-state index is 5.81. The summed E-state index contributed by atoms with van der Waals surface area (Å²) < 4.78 is 21.9. The summed E-state index contributed by atoms with van der Waals surface area (Å²) in [5.74, 6) is -0.553. The van der Waals surface area contributed by atoms with Crippen molar-refractivity contribution >= 4 is 0 Å². The van der Waals surface area contributed by atoms with Gasteiger partial charge in [-0.3, -0.25) is 0 Å². The van der Waals surface area contributed by atoms with Gasteiger partial charge in [0, 0.05) is 14.2 Å². The maximum Gasteiger partial charge on any atom is 0.163 e. The highest BCUT2D eigenvalue weighted by Crippen LogP contribution is 2.25. The van der Waals surface area contributed by atoms with Crippen molar-refractivity contribution in [2.24, 2.45) is 0 Å². The van der Waals surface area contributed by atoms with Crippen LogP contribution in [0.1, 0.15) is 26.7 Å². The number of hydrogen-bond donors (Lipinski definition) is 0. The third kappa shape index (κ3) is 4.47. The molecule has 4 nitrogen and oxygen atoms in total. The molecule has 0 aliphatic carbocycles. The van der Waals surface area contributed by atoms with Crippen LogP contribution in [0.4, 0.5) is 0 Å². The molecule has 0 aromatic heterocycles. The van der Waals surface area contributed by atoms with Gasteiger partial charge in [0.2, 0.25) is 0 Å². The quantitative estimate of drug-likeness (QED) is 0.718. The molecule has 1 saturated heterocycles. The van der Waals surface area contributed by atoms with Crippen molar-refractivity contribution < 1.29 is 18.9 Å². The van der Waals surface area contributed by atoms with Gasteiger partial charge in [-0.2, -0.15) is 0 Å². The second-order valence-electron chi connectivity index (χ2n) is 4.37. The lowest BCUT2D eigenvalue weighted by molar-refractivity contribution is -0.250. The molecule has 1 rings (SSSR count). The molecule has 0 aromatic carbocycles. The van der Waals surface area contributed by atoms with Crippen LogP contribution in [-0.4, -0.2) is 45.4 Å². The highest BCUT2D eigenvalue weighted by Gasteiger charge is 2.32. The second kappa shape index (κ2) is 5.80. The van der Waals surface area contributed by atoms with Crippen LogP contribution in [0.3, 0.4) is 0 Å². The summed E-state index contributed by atoms with van der Waals surface area (Å²) in [6.07, 6.45) is 2.13. The van der Waals surface area contributed by atoms with Crippen molar-refractivity contribution in [2.75, 3.05) is 27.4 Å². The molecule has 15 heavy (non-hydrogen) atoms. The van der Waals surface area contributed by atoms with Crippen LogP contribution in [0.15, 0.2) is 0 Å². The summed E-state index contributed by atoms with van der Waals surface area (Å²) in [6, 6.07) is 0. The Bertz CT molecular complexity index is 163. The SMILES string of the molecule is COC[C@@H]1CC[C@@H](COC)OC(C)(C)O1. The highest BCUT2D eigenvalue weighted by atomic mass is 16.7. The first kappa shape index (κ1) is 12.9. The molecular formula is C11H22O4. The lowest BCUT2D eigenvalue weighted by Gasteiger charge is -2.29. The molecular weight excluding hydrogens is 196 g/mol. The Morgan fingerprint density at radius 1 is 1.00 bits per heavy atom. The van der Waals surface area contributed by atoms with Gasteiger partial charge < -0.3 is 18.9 Å². The van der Waals surface area contributed by atoms with E-state index >= 15 is 0 Å². The largest absolute Gasteiger partial charge is 0.382 e. The molecule has 1 fully saturated rings. The normalized spacial score (nSPS) is 31.2. The molecule has 0 unspecified atom stereocenters.